The highest BCUT2D eigenvalue weighted by molar-refractivity contribution is 6.42. The van der Waals surface area contributed by atoms with Crippen LogP contribution in [0.2, 0.25) is 10.0 Å². The molecule has 10 heteroatoms. The largest absolute Gasteiger partial charge is 0.417 e. The number of benzene rings is 1. The monoisotopic (exact) mass is 435 g/mol. The first-order valence-corrected chi connectivity index (χ1v) is 9.00. The predicted octanol–water partition coefficient (Wildman–Crippen LogP) is 5.69. The maximum Gasteiger partial charge on any atom is 0.417 e. The van der Waals surface area contributed by atoms with Crippen molar-refractivity contribution in [1.29, 1.82) is 5.26 Å². The number of pyridine rings is 2. The van der Waals surface area contributed by atoms with Crippen LogP contribution in [0.5, 0.6) is 0 Å². The van der Waals surface area contributed by atoms with E-state index in [0.717, 1.165) is 6.07 Å². The lowest BCUT2D eigenvalue weighted by Crippen LogP contribution is -2.13. The summed E-state index contributed by atoms with van der Waals surface area (Å²) in [6.45, 7) is 0.167. The molecule has 3 heterocycles. The normalized spacial score (nSPS) is 11.7. The first-order valence-electron chi connectivity index (χ1n) is 8.25. The molecule has 0 amide bonds. The van der Waals surface area contributed by atoms with Crippen LogP contribution in [0, 0.1) is 11.3 Å². The molecule has 0 saturated carbocycles. The smallest absolute Gasteiger partial charge is 0.365 e. The summed E-state index contributed by atoms with van der Waals surface area (Å²) in [6.07, 6.45) is -3.15. The Hall–Kier alpha value is -3.02. The fourth-order valence-corrected chi connectivity index (χ4v) is 3.34. The Kier molecular flexibility index (Phi) is 4.73. The highest BCUT2D eigenvalue weighted by Gasteiger charge is 2.36. The van der Waals surface area contributed by atoms with Gasteiger partial charge in [0.25, 0.3) is 0 Å². The van der Waals surface area contributed by atoms with E-state index in [1.54, 1.807) is 30.5 Å². The minimum Gasteiger partial charge on any atom is -0.365 e. The van der Waals surface area contributed by atoms with Crippen molar-refractivity contribution in [3.05, 3.63) is 69.5 Å². The molecule has 4 rings (SSSR count). The minimum atomic E-state index is -4.73. The van der Waals surface area contributed by atoms with Gasteiger partial charge in [0.15, 0.2) is 5.65 Å². The third-order valence-electron chi connectivity index (χ3n) is 4.31. The quantitative estimate of drug-likeness (QED) is 0.448. The first kappa shape index (κ1) is 19.3. The molecule has 146 valence electrons. The molecular weight excluding hydrogens is 426 g/mol. The topological polar surface area (TPSA) is 66.0 Å². The molecule has 0 radical (unpaired) electrons. The van der Waals surface area contributed by atoms with Gasteiger partial charge >= 0.3 is 6.18 Å². The van der Waals surface area contributed by atoms with Crippen LogP contribution in [0.3, 0.4) is 0 Å². The van der Waals surface area contributed by atoms with E-state index in [4.69, 9.17) is 23.2 Å². The molecule has 0 unspecified atom stereocenters. The molecular formula is C19H10Cl2F3N5. The van der Waals surface area contributed by atoms with Gasteiger partial charge in [0.1, 0.15) is 17.5 Å². The fraction of sp³-hybridized carbons (Fsp3) is 0.105. The summed E-state index contributed by atoms with van der Waals surface area (Å²) in [4.78, 5) is 8.37. The van der Waals surface area contributed by atoms with Gasteiger partial charge in [-0.15, -0.1) is 0 Å². The van der Waals surface area contributed by atoms with Gasteiger partial charge in [-0.05, 0) is 30.3 Å². The highest BCUT2D eigenvalue weighted by atomic mass is 35.5. The number of hydrogen-bond acceptors (Lipinski definition) is 4. The molecule has 0 aliphatic carbocycles. The Morgan fingerprint density at radius 2 is 1.90 bits per heavy atom. The fourth-order valence-electron chi connectivity index (χ4n) is 3.03. The summed E-state index contributed by atoms with van der Waals surface area (Å²) >= 11 is 12.1. The summed E-state index contributed by atoms with van der Waals surface area (Å²) in [6, 6.07) is 10.7. The average molecular weight is 436 g/mol. The van der Waals surface area contributed by atoms with E-state index in [0.29, 0.717) is 16.7 Å². The third-order valence-corrected chi connectivity index (χ3v) is 5.03. The summed E-state index contributed by atoms with van der Waals surface area (Å²) in [5.74, 6) is 0.0952. The van der Waals surface area contributed by atoms with Crippen LogP contribution in [0.15, 0.2) is 42.6 Å². The van der Waals surface area contributed by atoms with E-state index in [1.807, 2.05) is 0 Å². The molecule has 29 heavy (non-hydrogen) atoms. The number of fused-ring (bicyclic) bond motifs is 3. The zero-order valence-electron chi connectivity index (χ0n) is 14.4. The predicted molar refractivity (Wildman–Crippen MR) is 104 cm³/mol. The lowest BCUT2D eigenvalue weighted by molar-refractivity contribution is -0.137. The lowest BCUT2D eigenvalue weighted by Gasteiger charge is -2.15. The zero-order valence-corrected chi connectivity index (χ0v) is 15.9. The van der Waals surface area contributed by atoms with Crippen LogP contribution in [-0.2, 0) is 12.7 Å². The van der Waals surface area contributed by atoms with Crippen molar-refractivity contribution >= 4 is 45.7 Å². The van der Waals surface area contributed by atoms with E-state index in [-0.39, 0.29) is 28.1 Å². The van der Waals surface area contributed by atoms with Gasteiger partial charge in [-0.1, -0.05) is 29.3 Å². The number of imidazole rings is 1. The van der Waals surface area contributed by atoms with Crippen molar-refractivity contribution in [2.45, 2.75) is 12.7 Å². The second kappa shape index (κ2) is 7.10. The molecule has 4 aromatic rings. The first-order chi connectivity index (χ1) is 13.8. The number of halogens is 5. The van der Waals surface area contributed by atoms with Crippen LogP contribution in [-0.4, -0.2) is 14.4 Å². The number of rotatable bonds is 3. The van der Waals surface area contributed by atoms with Crippen LogP contribution in [0.25, 0.3) is 16.7 Å². The summed E-state index contributed by atoms with van der Waals surface area (Å²) in [5.41, 5.74) is -0.435. The number of aromatic nitrogens is 3. The molecule has 0 bridgehead atoms. The Bertz CT molecular complexity index is 1280. The highest BCUT2D eigenvalue weighted by Crippen LogP contribution is 2.38. The maximum atomic E-state index is 13.6. The molecule has 0 aliphatic heterocycles. The second-order valence-corrected chi connectivity index (χ2v) is 6.94. The lowest BCUT2D eigenvalue weighted by atomic mass is 10.1. The molecule has 1 N–H and O–H groups in total. The maximum absolute atomic E-state index is 13.6. The molecule has 0 atom stereocenters. The summed E-state index contributed by atoms with van der Waals surface area (Å²) in [7, 11) is 0. The summed E-state index contributed by atoms with van der Waals surface area (Å²) in [5, 5.41) is 12.8. The Balaban J connectivity index is 2.01. The van der Waals surface area contributed by atoms with Crippen LogP contribution in [0.4, 0.5) is 19.0 Å². The van der Waals surface area contributed by atoms with Crippen molar-refractivity contribution < 1.29 is 13.2 Å². The number of hydrogen-bond donors (Lipinski definition) is 1. The van der Waals surface area contributed by atoms with Crippen LogP contribution in [0.1, 0.15) is 16.8 Å². The Labute approximate surface area is 172 Å². The van der Waals surface area contributed by atoms with Gasteiger partial charge < -0.3 is 5.32 Å². The summed E-state index contributed by atoms with van der Waals surface area (Å²) < 4.78 is 42.3. The van der Waals surface area contributed by atoms with Gasteiger partial charge in [-0.2, -0.15) is 18.4 Å². The molecule has 1 aromatic carbocycles. The number of nitriles is 1. The van der Waals surface area contributed by atoms with Gasteiger partial charge in [-0.3, -0.25) is 9.38 Å². The zero-order chi connectivity index (χ0) is 20.8. The van der Waals surface area contributed by atoms with Crippen molar-refractivity contribution in [2.75, 3.05) is 5.32 Å². The van der Waals surface area contributed by atoms with Crippen LogP contribution >= 0.6 is 23.2 Å². The minimum absolute atomic E-state index is 0.0952. The van der Waals surface area contributed by atoms with Crippen molar-refractivity contribution in [3.8, 4) is 6.07 Å². The Morgan fingerprint density at radius 1 is 1.14 bits per heavy atom. The number of nitrogens with one attached hydrogen (secondary N) is 1. The van der Waals surface area contributed by atoms with Gasteiger partial charge in [0.2, 0.25) is 0 Å². The average Bonchev–Trinajstić information content (AvgIpc) is 3.04. The number of alkyl halides is 3. The van der Waals surface area contributed by atoms with E-state index < -0.39 is 17.3 Å². The van der Waals surface area contributed by atoms with Gasteiger partial charge in [0, 0.05) is 6.20 Å². The van der Waals surface area contributed by atoms with Crippen LogP contribution < -0.4 is 5.32 Å². The molecule has 0 saturated heterocycles. The SMILES string of the molecule is N#Cc1c(C(F)(F)F)cc(NCc2ccccn2)n2c1nc1cc(Cl)c(Cl)cc12. The van der Waals surface area contributed by atoms with E-state index >= 15 is 0 Å². The molecule has 0 spiro atoms. The number of anilines is 1. The van der Waals surface area contributed by atoms with Crippen molar-refractivity contribution in [2.24, 2.45) is 0 Å². The third kappa shape index (κ3) is 3.43. The molecule has 0 fully saturated rings. The molecule has 5 nitrogen and oxygen atoms in total. The van der Waals surface area contributed by atoms with Gasteiger partial charge in [-0.25, -0.2) is 4.98 Å². The standard InChI is InChI=1S/C19H10Cl2F3N5/c20-13-6-15-16(7-14(13)21)29-17(27-9-10-3-1-2-4-26-10)5-12(19(22,23)24)11(8-25)18(29)28-15/h1-7,27H,9H2. The van der Waals surface area contributed by atoms with E-state index in [9.17, 15) is 18.4 Å². The van der Waals surface area contributed by atoms with E-state index in [2.05, 4.69) is 15.3 Å². The number of nitrogens with zero attached hydrogens (tertiary/aromatic N) is 4. The van der Waals surface area contributed by atoms with Crippen molar-refractivity contribution in [1.82, 2.24) is 14.4 Å². The second-order valence-electron chi connectivity index (χ2n) is 6.13. The van der Waals surface area contributed by atoms with Gasteiger partial charge in [0.05, 0.1) is 38.9 Å². The van der Waals surface area contributed by atoms with E-state index in [1.165, 1.54) is 16.5 Å². The molecule has 0 aliphatic rings. The molecule has 3 aromatic heterocycles. The van der Waals surface area contributed by atoms with Crippen molar-refractivity contribution in [3.63, 3.8) is 0 Å². The Morgan fingerprint density at radius 3 is 2.55 bits per heavy atom.